The third kappa shape index (κ3) is 2.69. The Balaban J connectivity index is 2.63. The van der Waals surface area contributed by atoms with Crippen molar-refractivity contribution in [3.05, 3.63) is 27.6 Å². The lowest BCUT2D eigenvalue weighted by Crippen LogP contribution is -1.93. The summed E-state index contributed by atoms with van der Waals surface area (Å²) in [6.45, 7) is 0. The van der Waals surface area contributed by atoms with Crippen molar-refractivity contribution in [1.29, 1.82) is 0 Å². The van der Waals surface area contributed by atoms with Crippen LogP contribution in [0.15, 0.2) is 18.3 Å². The van der Waals surface area contributed by atoms with Crippen molar-refractivity contribution < 1.29 is 9.53 Å². The molecule has 0 bridgehead atoms. The Morgan fingerprint density at radius 3 is 3.00 bits per heavy atom. The number of aromatic amines is 1. The summed E-state index contributed by atoms with van der Waals surface area (Å²) in [5.74, 6) is -0.348. The zero-order valence-electron chi connectivity index (χ0n) is 6.50. The van der Waals surface area contributed by atoms with E-state index in [9.17, 15) is 4.79 Å². The fraction of sp³-hybridized carbons (Fsp3) is 0.125. The predicted molar refractivity (Wildman–Crippen MR) is 54.6 cm³/mol. The van der Waals surface area contributed by atoms with Crippen molar-refractivity contribution in [2.45, 2.75) is 0 Å². The van der Waals surface area contributed by atoms with Crippen LogP contribution in [0.25, 0.3) is 6.08 Å². The highest BCUT2D eigenvalue weighted by Gasteiger charge is 1.93. The molecule has 1 rings (SSSR count). The standard InChI is InChI=1S/C8H8INO2/c1-12-8(11)3-2-7-4-6(9)5-10-7/h2-5,10H,1H3. The van der Waals surface area contributed by atoms with Crippen LogP contribution in [0.3, 0.4) is 0 Å². The van der Waals surface area contributed by atoms with Crippen LogP contribution in [0, 0.1) is 3.57 Å². The SMILES string of the molecule is COC(=O)C=Cc1cc(I)c[nH]1. The molecule has 0 aromatic carbocycles. The first-order valence-electron chi connectivity index (χ1n) is 3.32. The minimum absolute atomic E-state index is 0.348. The number of rotatable bonds is 2. The zero-order valence-corrected chi connectivity index (χ0v) is 8.66. The summed E-state index contributed by atoms with van der Waals surface area (Å²) >= 11 is 2.19. The van der Waals surface area contributed by atoms with E-state index in [2.05, 4.69) is 32.3 Å². The van der Waals surface area contributed by atoms with E-state index in [4.69, 9.17) is 0 Å². The second-order valence-electron chi connectivity index (χ2n) is 2.13. The van der Waals surface area contributed by atoms with E-state index < -0.39 is 0 Å². The van der Waals surface area contributed by atoms with E-state index in [0.29, 0.717) is 0 Å². The minimum Gasteiger partial charge on any atom is -0.466 e. The maximum Gasteiger partial charge on any atom is 0.330 e. The lowest BCUT2D eigenvalue weighted by atomic mass is 10.4. The van der Waals surface area contributed by atoms with E-state index in [1.165, 1.54) is 13.2 Å². The molecule has 64 valence electrons. The van der Waals surface area contributed by atoms with Crippen molar-refractivity contribution in [2.75, 3.05) is 7.11 Å². The molecule has 1 heterocycles. The number of halogens is 1. The van der Waals surface area contributed by atoms with Gasteiger partial charge in [-0.2, -0.15) is 0 Å². The molecule has 0 spiro atoms. The molecule has 0 atom stereocenters. The molecular weight excluding hydrogens is 269 g/mol. The lowest BCUT2D eigenvalue weighted by Gasteiger charge is -1.87. The number of aromatic nitrogens is 1. The van der Waals surface area contributed by atoms with Crippen LogP contribution >= 0.6 is 22.6 Å². The monoisotopic (exact) mass is 277 g/mol. The minimum atomic E-state index is -0.348. The summed E-state index contributed by atoms with van der Waals surface area (Å²) in [4.78, 5) is 13.6. The Kier molecular flexibility index (Phi) is 3.33. The third-order valence-corrected chi connectivity index (χ3v) is 1.89. The summed E-state index contributed by atoms with van der Waals surface area (Å²) in [6, 6.07) is 1.93. The topological polar surface area (TPSA) is 42.1 Å². The molecule has 0 aliphatic rings. The van der Waals surface area contributed by atoms with Gasteiger partial charge in [-0.15, -0.1) is 0 Å². The maximum absolute atomic E-state index is 10.7. The first kappa shape index (κ1) is 9.31. The van der Waals surface area contributed by atoms with E-state index in [0.717, 1.165) is 9.26 Å². The van der Waals surface area contributed by atoms with Crippen LogP contribution in [0.4, 0.5) is 0 Å². The molecule has 0 unspecified atom stereocenters. The van der Waals surface area contributed by atoms with Crippen molar-refractivity contribution in [3.63, 3.8) is 0 Å². The highest BCUT2D eigenvalue weighted by atomic mass is 127. The molecule has 0 radical (unpaired) electrons. The number of hydrogen-bond donors (Lipinski definition) is 1. The van der Waals surface area contributed by atoms with Gasteiger partial charge < -0.3 is 9.72 Å². The van der Waals surface area contributed by atoms with Gasteiger partial charge in [-0.3, -0.25) is 0 Å². The molecule has 1 aromatic rings. The molecule has 1 aromatic heterocycles. The van der Waals surface area contributed by atoms with Gasteiger partial charge in [0.05, 0.1) is 7.11 Å². The fourth-order valence-corrected chi connectivity index (χ4v) is 1.20. The summed E-state index contributed by atoms with van der Waals surface area (Å²) in [5, 5.41) is 0. The molecular formula is C8H8INO2. The second-order valence-corrected chi connectivity index (χ2v) is 3.38. The number of carbonyl (C=O) groups is 1. The van der Waals surface area contributed by atoms with Crippen LogP contribution < -0.4 is 0 Å². The van der Waals surface area contributed by atoms with Crippen LogP contribution in [0.2, 0.25) is 0 Å². The van der Waals surface area contributed by atoms with E-state index in [1.54, 1.807) is 6.08 Å². The largest absolute Gasteiger partial charge is 0.466 e. The van der Waals surface area contributed by atoms with Crippen LogP contribution in [0.5, 0.6) is 0 Å². The molecule has 4 heteroatoms. The Bertz CT molecular complexity index is 304. The number of esters is 1. The molecule has 0 saturated carbocycles. The fourth-order valence-electron chi connectivity index (χ4n) is 0.706. The molecule has 0 amide bonds. The number of nitrogens with one attached hydrogen (secondary N) is 1. The number of carbonyl (C=O) groups excluding carboxylic acids is 1. The maximum atomic E-state index is 10.7. The molecule has 0 saturated heterocycles. The lowest BCUT2D eigenvalue weighted by molar-refractivity contribution is -0.134. The predicted octanol–water partition coefficient (Wildman–Crippen LogP) is 1.81. The van der Waals surface area contributed by atoms with Crippen molar-refractivity contribution in [1.82, 2.24) is 4.98 Å². The van der Waals surface area contributed by atoms with Gasteiger partial charge in [0.1, 0.15) is 0 Å². The highest BCUT2D eigenvalue weighted by molar-refractivity contribution is 14.1. The van der Waals surface area contributed by atoms with Gasteiger partial charge in [-0.1, -0.05) is 0 Å². The Hall–Kier alpha value is -0.780. The van der Waals surface area contributed by atoms with Gasteiger partial charge in [0.2, 0.25) is 0 Å². The van der Waals surface area contributed by atoms with Crippen molar-refractivity contribution in [3.8, 4) is 0 Å². The summed E-state index contributed by atoms with van der Waals surface area (Å²) in [6.07, 6.45) is 4.91. The third-order valence-electron chi connectivity index (χ3n) is 1.27. The molecule has 0 fully saturated rings. The number of ether oxygens (including phenoxy) is 1. The Morgan fingerprint density at radius 1 is 1.75 bits per heavy atom. The number of hydrogen-bond acceptors (Lipinski definition) is 2. The average Bonchev–Trinajstić information content (AvgIpc) is 2.47. The highest BCUT2D eigenvalue weighted by Crippen LogP contribution is 2.07. The Morgan fingerprint density at radius 2 is 2.50 bits per heavy atom. The molecule has 0 aliphatic heterocycles. The summed E-state index contributed by atoms with van der Waals surface area (Å²) in [5.41, 5.74) is 0.893. The van der Waals surface area contributed by atoms with Gasteiger partial charge in [-0.25, -0.2) is 4.79 Å². The van der Waals surface area contributed by atoms with Crippen molar-refractivity contribution in [2.24, 2.45) is 0 Å². The summed E-state index contributed by atoms with van der Waals surface area (Å²) < 4.78 is 5.55. The first-order valence-corrected chi connectivity index (χ1v) is 4.40. The second kappa shape index (κ2) is 4.30. The van der Waals surface area contributed by atoms with E-state index in [-0.39, 0.29) is 5.97 Å². The number of H-pyrrole nitrogens is 1. The summed E-state index contributed by atoms with van der Waals surface area (Å²) in [7, 11) is 1.35. The zero-order chi connectivity index (χ0) is 8.97. The van der Waals surface area contributed by atoms with Gasteiger partial charge in [0.25, 0.3) is 0 Å². The molecule has 3 nitrogen and oxygen atoms in total. The van der Waals surface area contributed by atoms with Crippen LogP contribution in [0.1, 0.15) is 5.69 Å². The number of methoxy groups -OCH3 is 1. The van der Waals surface area contributed by atoms with Gasteiger partial charge in [0.15, 0.2) is 0 Å². The van der Waals surface area contributed by atoms with Gasteiger partial charge in [-0.05, 0) is 34.7 Å². The van der Waals surface area contributed by atoms with Crippen LogP contribution in [-0.2, 0) is 9.53 Å². The van der Waals surface area contributed by atoms with Crippen LogP contribution in [-0.4, -0.2) is 18.1 Å². The average molecular weight is 277 g/mol. The normalized spacial score (nSPS) is 10.5. The van der Waals surface area contributed by atoms with Crippen molar-refractivity contribution >= 4 is 34.6 Å². The smallest absolute Gasteiger partial charge is 0.330 e. The van der Waals surface area contributed by atoms with E-state index in [1.807, 2.05) is 12.3 Å². The first-order chi connectivity index (χ1) is 5.72. The molecule has 12 heavy (non-hydrogen) atoms. The van der Waals surface area contributed by atoms with Gasteiger partial charge in [0, 0.05) is 21.5 Å². The Labute approximate surface area is 83.9 Å². The quantitative estimate of drug-likeness (QED) is 0.509. The molecule has 1 N–H and O–H groups in total. The van der Waals surface area contributed by atoms with E-state index >= 15 is 0 Å². The molecule has 0 aliphatic carbocycles. The van der Waals surface area contributed by atoms with Gasteiger partial charge >= 0.3 is 5.97 Å².